The van der Waals surface area contributed by atoms with Crippen molar-refractivity contribution in [3.8, 4) is 5.75 Å². The normalized spacial score (nSPS) is 12.5. The lowest BCUT2D eigenvalue weighted by atomic mass is 9.87. The molecule has 0 aliphatic rings. The van der Waals surface area contributed by atoms with Crippen molar-refractivity contribution in [1.29, 1.82) is 0 Å². The van der Waals surface area contributed by atoms with Gasteiger partial charge in [-0.05, 0) is 23.1 Å². The van der Waals surface area contributed by atoms with Crippen LogP contribution in [0.25, 0.3) is 0 Å². The van der Waals surface area contributed by atoms with E-state index in [2.05, 4.69) is 20.8 Å². The molecule has 0 radical (unpaired) electrons. The van der Waals surface area contributed by atoms with E-state index in [1.165, 1.54) is 0 Å². The van der Waals surface area contributed by atoms with Crippen molar-refractivity contribution in [3.05, 3.63) is 29.8 Å². The van der Waals surface area contributed by atoms with Crippen molar-refractivity contribution in [2.24, 2.45) is 0 Å². The Hall–Kier alpha value is -1.03. The van der Waals surface area contributed by atoms with Gasteiger partial charge in [-0.2, -0.15) is 8.42 Å². The fourth-order valence-electron chi connectivity index (χ4n) is 1.19. The highest BCUT2D eigenvalue weighted by atomic mass is 32.2. The van der Waals surface area contributed by atoms with Crippen molar-refractivity contribution in [1.82, 2.24) is 0 Å². The Morgan fingerprint density at radius 3 is 1.87 bits per heavy atom. The SMILES string of the molecule is CC(C)(C)c1ccc(OS(C)(=O)=O)cc1. The molecule has 3 nitrogen and oxygen atoms in total. The Kier molecular flexibility index (Phi) is 3.09. The zero-order valence-corrected chi connectivity index (χ0v) is 10.3. The van der Waals surface area contributed by atoms with Gasteiger partial charge in [0.05, 0.1) is 6.26 Å². The molecule has 0 aliphatic carbocycles. The van der Waals surface area contributed by atoms with Crippen molar-refractivity contribution in [2.75, 3.05) is 6.26 Å². The van der Waals surface area contributed by atoms with Crippen LogP contribution in [0.15, 0.2) is 24.3 Å². The van der Waals surface area contributed by atoms with E-state index in [0.29, 0.717) is 5.75 Å². The van der Waals surface area contributed by atoms with Crippen LogP contribution in [-0.2, 0) is 15.5 Å². The minimum absolute atomic E-state index is 0.0591. The Bertz CT molecular complexity index is 424. The lowest BCUT2D eigenvalue weighted by Crippen LogP contribution is -2.11. The van der Waals surface area contributed by atoms with Gasteiger partial charge in [-0.3, -0.25) is 0 Å². The molecular weight excluding hydrogens is 212 g/mol. The highest BCUT2D eigenvalue weighted by molar-refractivity contribution is 7.86. The van der Waals surface area contributed by atoms with Crippen LogP contribution in [0.4, 0.5) is 0 Å². The number of hydrogen-bond acceptors (Lipinski definition) is 3. The molecule has 0 aromatic heterocycles. The third-order valence-electron chi connectivity index (χ3n) is 1.97. The molecule has 84 valence electrons. The highest BCUT2D eigenvalue weighted by Crippen LogP contribution is 2.24. The molecule has 4 heteroatoms. The lowest BCUT2D eigenvalue weighted by Gasteiger charge is -2.18. The number of benzene rings is 1. The van der Waals surface area contributed by atoms with Gasteiger partial charge in [0, 0.05) is 0 Å². The first-order valence-corrected chi connectivity index (χ1v) is 6.50. The maximum atomic E-state index is 10.9. The molecule has 1 aromatic carbocycles. The highest BCUT2D eigenvalue weighted by Gasteiger charge is 2.13. The van der Waals surface area contributed by atoms with E-state index in [-0.39, 0.29) is 5.41 Å². The van der Waals surface area contributed by atoms with E-state index in [1.54, 1.807) is 12.1 Å². The summed E-state index contributed by atoms with van der Waals surface area (Å²) in [5.41, 5.74) is 1.20. The summed E-state index contributed by atoms with van der Waals surface area (Å²) in [6.07, 6.45) is 1.03. The molecule has 0 fully saturated rings. The predicted octanol–water partition coefficient (Wildman–Crippen LogP) is 2.32. The summed E-state index contributed by atoms with van der Waals surface area (Å²) in [5.74, 6) is 0.352. The minimum Gasteiger partial charge on any atom is -0.383 e. The molecular formula is C11H16O3S. The van der Waals surface area contributed by atoms with E-state index in [1.807, 2.05) is 12.1 Å². The van der Waals surface area contributed by atoms with Crippen molar-refractivity contribution >= 4 is 10.1 Å². The first-order valence-electron chi connectivity index (χ1n) is 4.68. The third kappa shape index (κ3) is 3.91. The summed E-state index contributed by atoms with van der Waals surface area (Å²) in [5, 5.41) is 0. The Morgan fingerprint density at radius 2 is 1.53 bits per heavy atom. The fourth-order valence-corrected chi connectivity index (χ4v) is 1.65. The fraction of sp³-hybridized carbons (Fsp3) is 0.455. The molecule has 15 heavy (non-hydrogen) atoms. The first kappa shape index (κ1) is 12.0. The van der Waals surface area contributed by atoms with Gasteiger partial charge in [0.25, 0.3) is 0 Å². The molecule has 0 aliphatic heterocycles. The van der Waals surface area contributed by atoms with Crippen LogP contribution in [0.2, 0.25) is 0 Å². The second-order valence-corrected chi connectivity index (χ2v) is 6.14. The molecule has 0 bridgehead atoms. The van der Waals surface area contributed by atoms with Gasteiger partial charge >= 0.3 is 10.1 Å². The predicted molar refractivity (Wildman–Crippen MR) is 60.6 cm³/mol. The molecule has 0 N–H and O–H groups in total. The van der Waals surface area contributed by atoms with Crippen LogP contribution < -0.4 is 4.18 Å². The van der Waals surface area contributed by atoms with Gasteiger partial charge in [0.15, 0.2) is 0 Å². The molecule has 0 atom stereocenters. The second-order valence-electron chi connectivity index (χ2n) is 4.56. The summed E-state index contributed by atoms with van der Waals surface area (Å²) in [6, 6.07) is 7.09. The van der Waals surface area contributed by atoms with Crippen LogP contribution in [0.5, 0.6) is 5.75 Å². The standard InChI is InChI=1S/C11H16O3S/c1-11(2,3)9-5-7-10(8-6-9)14-15(4,12)13/h5-8H,1-4H3. The molecule has 1 rings (SSSR count). The Morgan fingerprint density at radius 1 is 1.07 bits per heavy atom. The summed E-state index contributed by atoms with van der Waals surface area (Å²) >= 11 is 0. The van der Waals surface area contributed by atoms with E-state index in [9.17, 15) is 8.42 Å². The van der Waals surface area contributed by atoms with E-state index in [0.717, 1.165) is 11.8 Å². The van der Waals surface area contributed by atoms with E-state index < -0.39 is 10.1 Å². The first-order chi connectivity index (χ1) is 6.68. The summed E-state index contributed by atoms with van der Waals surface area (Å²) in [4.78, 5) is 0. The average molecular weight is 228 g/mol. The molecule has 0 saturated heterocycles. The molecule has 0 spiro atoms. The van der Waals surface area contributed by atoms with Crippen LogP contribution in [0.3, 0.4) is 0 Å². The van der Waals surface area contributed by atoms with Crippen LogP contribution in [-0.4, -0.2) is 14.7 Å². The second kappa shape index (κ2) is 3.85. The molecule has 0 saturated carbocycles. The maximum Gasteiger partial charge on any atom is 0.306 e. The van der Waals surface area contributed by atoms with Crippen LogP contribution in [0, 0.1) is 0 Å². The third-order valence-corrected chi connectivity index (χ3v) is 2.46. The van der Waals surface area contributed by atoms with Gasteiger partial charge in [-0.25, -0.2) is 0 Å². The lowest BCUT2D eigenvalue weighted by molar-refractivity contribution is 0.492. The minimum atomic E-state index is -3.43. The van der Waals surface area contributed by atoms with Crippen molar-refractivity contribution < 1.29 is 12.6 Å². The molecule has 0 unspecified atom stereocenters. The van der Waals surface area contributed by atoms with Crippen molar-refractivity contribution in [2.45, 2.75) is 26.2 Å². The van der Waals surface area contributed by atoms with Crippen molar-refractivity contribution in [3.63, 3.8) is 0 Å². The summed E-state index contributed by atoms with van der Waals surface area (Å²) in [7, 11) is -3.43. The van der Waals surface area contributed by atoms with Gasteiger partial charge < -0.3 is 4.18 Å². The molecule has 1 aromatic rings. The number of hydrogen-bond donors (Lipinski definition) is 0. The maximum absolute atomic E-state index is 10.9. The zero-order valence-electron chi connectivity index (χ0n) is 9.44. The summed E-state index contributed by atoms with van der Waals surface area (Å²) in [6.45, 7) is 6.29. The smallest absolute Gasteiger partial charge is 0.306 e. The van der Waals surface area contributed by atoms with E-state index in [4.69, 9.17) is 4.18 Å². The monoisotopic (exact) mass is 228 g/mol. The molecule has 0 heterocycles. The quantitative estimate of drug-likeness (QED) is 0.730. The molecule has 0 amide bonds. The zero-order chi connectivity index (χ0) is 11.7. The van der Waals surface area contributed by atoms with Gasteiger partial charge in [0.1, 0.15) is 5.75 Å². The summed E-state index contributed by atoms with van der Waals surface area (Å²) < 4.78 is 26.5. The topological polar surface area (TPSA) is 43.4 Å². The van der Waals surface area contributed by atoms with Crippen LogP contribution >= 0.6 is 0 Å². The van der Waals surface area contributed by atoms with Gasteiger partial charge in [-0.1, -0.05) is 32.9 Å². The number of rotatable bonds is 2. The van der Waals surface area contributed by atoms with E-state index >= 15 is 0 Å². The Labute approximate surface area is 91.2 Å². The average Bonchev–Trinajstić information content (AvgIpc) is 2.00. The van der Waals surface area contributed by atoms with Gasteiger partial charge in [-0.15, -0.1) is 0 Å². The van der Waals surface area contributed by atoms with Crippen LogP contribution in [0.1, 0.15) is 26.3 Å². The Balaban J connectivity index is 2.91. The largest absolute Gasteiger partial charge is 0.383 e. The van der Waals surface area contributed by atoms with Gasteiger partial charge in [0.2, 0.25) is 0 Å².